The Kier molecular flexibility index (Phi) is 6.18. The van der Waals surface area contributed by atoms with E-state index in [0.29, 0.717) is 10.7 Å². The lowest BCUT2D eigenvalue weighted by atomic mass is 10.0. The maximum atomic E-state index is 12.2. The number of hydrogen-bond acceptors (Lipinski definition) is 5. The number of amides is 2. The fraction of sp³-hybridized carbons (Fsp3) is 0.130. The highest BCUT2D eigenvalue weighted by Gasteiger charge is 2.12. The number of aromatic nitrogens is 3. The molecule has 2 N–H and O–H groups in total. The van der Waals surface area contributed by atoms with E-state index in [1.165, 1.54) is 11.3 Å². The van der Waals surface area contributed by atoms with Crippen molar-refractivity contribution in [3.63, 3.8) is 0 Å². The maximum Gasteiger partial charge on any atom is 0.253 e. The number of carbonyl (C=O) groups excluding carboxylic acids is 2. The van der Waals surface area contributed by atoms with Crippen LogP contribution in [0, 0.1) is 0 Å². The van der Waals surface area contributed by atoms with Gasteiger partial charge in [-0.3, -0.25) is 14.6 Å². The summed E-state index contributed by atoms with van der Waals surface area (Å²) in [5.41, 5.74) is 4.41. The minimum atomic E-state index is -0.324. The molecule has 0 saturated heterocycles. The van der Waals surface area contributed by atoms with E-state index in [1.54, 1.807) is 24.7 Å². The number of pyridine rings is 1. The molecule has 156 valence electrons. The number of nitrogens with zero attached hydrogens (tertiary/aromatic N) is 3. The third kappa shape index (κ3) is 5.04. The lowest BCUT2D eigenvalue weighted by molar-refractivity contribution is -0.115. The van der Waals surface area contributed by atoms with Crippen LogP contribution in [0.4, 0.5) is 5.13 Å². The molecule has 3 aromatic heterocycles. The Bertz CT molecular complexity index is 1200. The second-order valence-corrected chi connectivity index (χ2v) is 7.67. The average Bonchev–Trinajstić information content (AvgIpc) is 3.48. The number of carbonyl (C=O) groups is 2. The van der Waals surface area contributed by atoms with E-state index in [-0.39, 0.29) is 18.4 Å². The third-order valence-electron chi connectivity index (χ3n) is 4.71. The molecule has 0 bridgehead atoms. The Hall–Kier alpha value is -3.78. The van der Waals surface area contributed by atoms with E-state index < -0.39 is 0 Å². The predicted molar refractivity (Wildman–Crippen MR) is 122 cm³/mol. The van der Waals surface area contributed by atoms with Gasteiger partial charge in [-0.05, 0) is 42.3 Å². The first-order valence-corrected chi connectivity index (χ1v) is 10.7. The minimum Gasteiger partial charge on any atom is -0.354 e. The molecule has 0 atom stereocenters. The second-order valence-electron chi connectivity index (χ2n) is 6.82. The monoisotopic (exact) mass is 431 g/mol. The van der Waals surface area contributed by atoms with Crippen LogP contribution in [0.25, 0.3) is 22.4 Å². The molecule has 1 aromatic carbocycles. The molecule has 0 radical (unpaired) electrons. The Morgan fingerprint density at radius 1 is 1.06 bits per heavy atom. The number of nitrogens with one attached hydrogen (secondary N) is 2. The largest absolute Gasteiger partial charge is 0.354 e. The highest BCUT2D eigenvalue weighted by Crippen LogP contribution is 2.28. The van der Waals surface area contributed by atoms with Crippen molar-refractivity contribution in [1.82, 2.24) is 19.9 Å². The van der Waals surface area contributed by atoms with Gasteiger partial charge in [0, 0.05) is 42.3 Å². The smallest absolute Gasteiger partial charge is 0.253 e. The predicted octanol–water partition coefficient (Wildman–Crippen LogP) is 4.06. The van der Waals surface area contributed by atoms with Crippen molar-refractivity contribution < 1.29 is 9.59 Å². The highest BCUT2D eigenvalue weighted by molar-refractivity contribution is 7.14. The van der Waals surface area contributed by atoms with E-state index in [0.717, 1.165) is 28.9 Å². The molecule has 7 nitrogen and oxygen atoms in total. The molecule has 8 heteroatoms. The van der Waals surface area contributed by atoms with Gasteiger partial charge in [0.2, 0.25) is 5.91 Å². The van der Waals surface area contributed by atoms with Crippen molar-refractivity contribution in [2.24, 2.45) is 0 Å². The van der Waals surface area contributed by atoms with Crippen molar-refractivity contribution in [2.75, 3.05) is 11.9 Å². The zero-order valence-corrected chi connectivity index (χ0v) is 17.7. The first-order valence-electron chi connectivity index (χ1n) is 9.82. The van der Waals surface area contributed by atoms with Gasteiger partial charge in [-0.15, -0.1) is 11.3 Å². The molecule has 0 aliphatic heterocycles. The first kappa shape index (κ1) is 20.5. The van der Waals surface area contributed by atoms with Crippen LogP contribution in [0.5, 0.6) is 0 Å². The lowest BCUT2D eigenvalue weighted by Gasteiger charge is -2.04. The van der Waals surface area contributed by atoms with Gasteiger partial charge in [-0.2, -0.15) is 0 Å². The number of aryl methyl sites for hydroxylation is 1. The first-order chi connectivity index (χ1) is 15.1. The van der Waals surface area contributed by atoms with Crippen molar-refractivity contribution in [3.8, 4) is 22.4 Å². The van der Waals surface area contributed by atoms with E-state index in [2.05, 4.69) is 26.7 Å². The molecule has 0 spiro atoms. The molecule has 0 saturated carbocycles. The molecule has 0 aliphatic carbocycles. The molecule has 4 aromatic rings. The Morgan fingerprint density at radius 3 is 2.65 bits per heavy atom. The van der Waals surface area contributed by atoms with E-state index in [9.17, 15) is 9.59 Å². The zero-order chi connectivity index (χ0) is 21.6. The van der Waals surface area contributed by atoms with Crippen LogP contribution in [-0.2, 0) is 11.3 Å². The van der Waals surface area contributed by atoms with Gasteiger partial charge in [-0.1, -0.05) is 18.2 Å². The van der Waals surface area contributed by atoms with Crippen LogP contribution < -0.4 is 10.6 Å². The second kappa shape index (κ2) is 9.36. The summed E-state index contributed by atoms with van der Waals surface area (Å²) >= 11 is 1.34. The van der Waals surface area contributed by atoms with Crippen molar-refractivity contribution in [1.29, 1.82) is 0 Å². The van der Waals surface area contributed by atoms with E-state index >= 15 is 0 Å². The zero-order valence-electron chi connectivity index (χ0n) is 16.9. The summed E-state index contributed by atoms with van der Waals surface area (Å²) < 4.78 is 1.90. The summed E-state index contributed by atoms with van der Waals surface area (Å²) in [5, 5.41) is 7.75. The molecule has 0 aliphatic rings. The Balaban J connectivity index is 1.37. The fourth-order valence-corrected chi connectivity index (χ4v) is 3.80. The van der Waals surface area contributed by atoms with Gasteiger partial charge in [0.1, 0.15) is 0 Å². The molecule has 3 heterocycles. The minimum absolute atomic E-state index is 0.122. The quantitative estimate of drug-likeness (QED) is 0.462. The molecule has 4 rings (SSSR count). The van der Waals surface area contributed by atoms with Crippen LogP contribution in [0.3, 0.4) is 0 Å². The van der Waals surface area contributed by atoms with Gasteiger partial charge in [-0.25, -0.2) is 4.98 Å². The molecule has 0 unspecified atom stereocenters. The third-order valence-corrected chi connectivity index (χ3v) is 5.47. The fourth-order valence-electron chi connectivity index (χ4n) is 3.06. The van der Waals surface area contributed by atoms with Crippen LogP contribution in [0.1, 0.15) is 17.3 Å². The summed E-state index contributed by atoms with van der Waals surface area (Å²) in [7, 11) is 0. The Labute approximate surface area is 183 Å². The van der Waals surface area contributed by atoms with Gasteiger partial charge in [0.25, 0.3) is 5.91 Å². The van der Waals surface area contributed by atoms with Gasteiger partial charge in [0.05, 0.1) is 17.8 Å². The number of rotatable bonds is 7. The lowest BCUT2D eigenvalue weighted by Crippen LogP contribution is -2.32. The average molecular weight is 432 g/mol. The normalized spacial score (nSPS) is 10.6. The molecular weight excluding hydrogens is 410 g/mol. The number of hydrogen-bond donors (Lipinski definition) is 2. The van der Waals surface area contributed by atoms with Gasteiger partial charge in [0.15, 0.2) is 5.13 Å². The van der Waals surface area contributed by atoms with Crippen LogP contribution >= 0.6 is 11.3 Å². The molecule has 0 fully saturated rings. The number of anilines is 1. The summed E-state index contributed by atoms with van der Waals surface area (Å²) in [6.07, 6.45) is 7.10. The van der Waals surface area contributed by atoms with Crippen LogP contribution in [0.15, 0.2) is 72.6 Å². The van der Waals surface area contributed by atoms with Gasteiger partial charge < -0.3 is 15.2 Å². The van der Waals surface area contributed by atoms with Crippen LogP contribution in [-0.4, -0.2) is 32.9 Å². The summed E-state index contributed by atoms with van der Waals surface area (Å²) in [5.74, 6) is -0.607. The summed E-state index contributed by atoms with van der Waals surface area (Å²) in [4.78, 5) is 32.9. The SMILES string of the molecule is CCn1ccc(C(=O)NCC(=O)Nc2nc(-c3cccc(-c4ccncc4)c3)cs2)c1. The number of thiazole rings is 1. The van der Waals surface area contributed by atoms with Crippen molar-refractivity contribution in [3.05, 3.63) is 78.2 Å². The summed E-state index contributed by atoms with van der Waals surface area (Å²) in [6, 6.07) is 13.7. The maximum absolute atomic E-state index is 12.2. The molecule has 31 heavy (non-hydrogen) atoms. The van der Waals surface area contributed by atoms with E-state index in [1.807, 2.05) is 53.4 Å². The standard InChI is InChI=1S/C23H21N5O2S/c1-2-28-11-8-19(14-28)22(30)25-13-21(29)27-23-26-20(15-31-23)18-5-3-4-17(12-18)16-6-9-24-10-7-16/h3-12,14-15H,2,13H2,1H3,(H,25,30)(H,26,27,29). The van der Waals surface area contributed by atoms with Crippen molar-refractivity contribution >= 4 is 28.3 Å². The van der Waals surface area contributed by atoms with Crippen molar-refractivity contribution in [2.45, 2.75) is 13.5 Å². The topological polar surface area (TPSA) is 88.9 Å². The summed E-state index contributed by atoms with van der Waals surface area (Å²) in [6.45, 7) is 2.65. The highest BCUT2D eigenvalue weighted by atomic mass is 32.1. The molecule has 2 amide bonds. The van der Waals surface area contributed by atoms with E-state index in [4.69, 9.17) is 0 Å². The van der Waals surface area contributed by atoms with Gasteiger partial charge >= 0.3 is 0 Å². The Morgan fingerprint density at radius 2 is 1.87 bits per heavy atom. The molecular formula is C23H21N5O2S. The number of benzene rings is 1. The van der Waals surface area contributed by atoms with Crippen LogP contribution in [0.2, 0.25) is 0 Å².